The van der Waals surface area contributed by atoms with Crippen molar-refractivity contribution in [2.75, 3.05) is 13.7 Å². The number of aliphatic imine (C=N–C) groups is 1. The number of benzene rings is 1. The Kier molecular flexibility index (Phi) is 9.54. The normalized spacial score (nSPS) is 14.4. The van der Waals surface area contributed by atoms with E-state index in [0.717, 1.165) is 19.4 Å². The topological polar surface area (TPSA) is 54.9 Å². The van der Waals surface area contributed by atoms with Gasteiger partial charge in [-0.15, -0.1) is 24.0 Å². The minimum Gasteiger partial charge on any atom is -0.497 e. The van der Waals surface area contributed by atoms with Gasteiger partial charge in [-0.1, -0.05) is 12.2 Å². The number of hydrogen-bond donors (Lipinski definition) is 2. The number of halogens is 3. The Morgan fingerprint density at radius 2 is 2.04 bits per heavy atom. The molecule has 0 atom stereocenters. The maximum atomic E-state index is 12.6. The third kappa shape index (κ3) is 7.05. The fourth-order valence-corrected chi connectivity index (χ4v) is 2.41. The summed E-state index contributed by atoms with van der Waals surface area (Å²) in [6, 6.07) is 5.14. The lowest BCUT2D eigenvalue weighted by atomic mass is 10.2. The van der Waals surface area contributed by atoms with Crippen molar-refractivity contribution in [3.8, 4) is 11.5 Å². The molecular formula is C17H24F2IN3O2. The van der Waals surface area contributed by atoms with Gasteiger partial charge in [0.1, 0.15) is 11.5 Å². The summed E-state index contributed by atoms with van der Waals surface area (Å²) < 4.78 is 34.8. The van der Waals surface area contributed by atoms with Crippen molar-refractivity contribution < 1.29 is 18.3 Å². The van der Waals surface area contributed by atoms with Gasteiger partial charge < -0.3 is 20.1 Å². The van der Waals surface area contributed by atoms with Crippen LogP contribution in [0.25, 0.3) is 0 Å². The molecule has 0 aliphatic heterocycles. The van der Waals surface area contributed by atoms with Gasteiger partial charge in [-0.2, -0.15) is 8.78 Å². The fourth-order valence-electron chi connectivity index (χ4n) is 2.41. The van der Waals surface area contributed by atoms with Crippen LogP contribution in [0.5, 0.6) is 11.5 Å². The van der Waals surface area contributed by atoms with E-state index in [1.807, 2.05) is 6.92 Å². The van der Waals surface area contributed by atoms with Crippen LogP contribution in [0.1, 0.15) is 25.3 Å². The van der Waals surface area contributed by atoms with Gasteiger partial charge >= 0.3 is 6.61 Å². The average Bonchev–Trinajstić information content (AvgIpc) is 3.06. The molecule has 0 spiro atoms. The Morgan fingerprint density at radius 1 is 1.32 bits per heavy atom. The van der Waals surface area contributed by atoms with Crippen molar-refractivity contribution in [2.24, 2.45) is 4.99 Å². The highest BCUT2D eigenvalue weighted by atomic mass is 127. The summed E-state index contributed by atoms with van der Waals surface area (Å²) in [5, 5.41) is 6.49. The number of hydrogen-bond acceptors (Lipinski definition) is 3. The second-order valence-electron chi connectivity index (χ2n) is 5.33. The predicted octanol–water partition coefficient (Wildman–Crippen LogP) is 3.69. The molecule has 0 saturated heterocycles. The number of ether oxygens (including phenoxy) is 2. The molecule has 25 heavy (non-hydrogen) atoms. The standard InChI is InChI=1S/C17H23F2N3O2.HI/c1-3-20-17(22-13-6-4-5-7-13)21-11-12-8-9-14(23-2)10-15(12)24-16(18)19;/h4-5,8-10,13,16H,3,6-7,11H2,1-2H3,(H2,20,21,22);1H. The van der Waals surface area contributed by atoms with Gasteiger partial charge in [0.25, 0.3) is 0 Å². The number of methoxy groups -OCH3 is 1. The molecule has 0 aromatic heterocycles. The van der Waals surface area contributed by atoms with Gasteiger partial charge in [0, 0.05) is 24.2 Å². The van der Waals surface area contributed by atoms with E-state index in [1.165, 1.54) is 13.2 Å². The van der Waals surface area contributed by atoms with Crippen LogP contribution in [0.4, 0.5) is 8.78 Å². The lowest BCUT2D eigenvalue weighted by Gasteiger charge is -2.17. The number of nitrogens with one attached hydrogen (secondary N) is 2. The van der Waals surface area contributed by atoms with Crippen LogP contribution in [-0.2, 0) is 6.54 Å². The molecule has 1 aromatic rings. The number of guanidine groups is 1. The Balaban J connectivity index is 0.00000312. The van der Waals surface area contributed by atoms with E-state index in [-0.39, 0.29) is 36.3 Å². The van der Waals surface area contributed by atoms with Crippen LogP contribution < -0.4 is 20.1 Å². The van der Waals surface area contributed by atoms with E-state index in [2.05, 4.69) is 32.5 Å². The molecule has 8 heteroatoms. The monoisotopic (exact) mass is 467 g/mol. The van der Waals surface area contributed by atoms with Crippen LogP contribution in [0.15, 0.2) is 35.3 Å². The highest BCUT2D eigenvalue weighted by molar-refractivity contribution is 14.0. The minimum atomic E-state index is -2.89. The number of nitrogens with zero attached hydrogens (tertiary/aromatic N) is 1. The van der Waals surface area contributed by atoms with Crippen molar-refractivity contribution in [1.82, 2.24) is 10.6 Å². The van der Waals surface area contributed by atoms with E-state index in [9.17, 15) is 8.78 Å². The quantitative estimate of drug-likeness (QED) is 0.278. The lowest BCUT2D eigenvalue weighted by molar-refractivity contribution is -0.0505. The van der Waals surface area contributed by atoms with Crippen molar-refractivity contribution in [1.29, 1.82) is 0 Å². The zero-order valence-corrected chi connectivity index (χ0v) is 16.6. The molecule has 0 amide bonds. The SMILES string of the molecule is CCNC(=NCc1ccc(OC)cc1OC(F)F)NC1CC=CC1.I. The van der Waals surface area contributed by atoms with Crippen LogP contribution in [0.3, 0.4) is 0 Å². The molecule has 0 fully saturated rings. The van der Waals surface area contributed by atoms with Gasteiger partial charge in [-0.05, 0) is 31.9 Å². The summed E-state index contributed by atoms with van der Waals surface area (Å²) in [6.07, 6.45) is 6.15. The maximum Gasteiger partial charge on any atom is 0.387 e. The predicted molar refractivity (Wildman–Crippen MR) is 105 cm³/mol. The van der Waals surface area contributed by atoms with Crippen LogP contribution in [0.2, 0.25) is 0 Å². The zero-order chi connectivity index (χ0) is 17.4. The first-order chi connectivity index (χ1) is 11.6. The van der Waals surface area contributed by atoms with Gasteiger partial charge in [-0.25, -0.2) is 4.99 Å². The van der Waals surface area contributed by atoms with Gasteiger partial charge in [-0.3, -0.25) is 0 Å². The third-order valence-electron chi connectivity index (χ3n) is 3.59. The zero-order valence-electron chi connectivity index (χ0n) is 14.3. The molecule has 1 aliphatic carbocycles. The molecule has 0 saturated carbocycles. The van der Waals surface area contributed by atoms with E-state index in [4.69, 9.17) is 4.74 Å². The maximum absolute atomic E-state index is 12.6. The van der Waals surface area contributed by atoms with Gasteiger partial charge in [0.2, 0.25) is 0 Å². The molecule has 5 nitrogen and oxygen atoms in total. The van der Waals surface area contributed by atoms with Crippen LogP contribution in [-0.4, -0.2) is 32.3 Å². The van der Waals surface area contributed by atoms with Crippen molar-refractivity contribution in [3.63, 3.8) is 0 Å². The minimum absolute atomic E-state index is 0. The van der Waals surface area contributed by atoms with Crippen LogP contribution in [0, 0.1) is 0 Å². The Bertz CT molecular complexity index is 589. The van der Waals surface area contributed by atoms with E-state index in [0.29, 0.717) is 23.3 Å². The van der Waals surface area contributed by atoms with Crippen molar-refractivity contribution in [3.05, 3.63) is 35.9 Å². The summed E-state index contributed by atoms with van der Waals surface area (Å²) in [6.45, 7) is 0.0232. The average molecular weight is 467 g/mol. The van der Waals surface area contributed by atoms with E-state index < -0.39 is 6.61 Å². The molecule has 0 radical (unpaired) electrons. The summed E-state index contributed by atoms with van der Waals surface area (Å²) >= 11 is 0. The van der Waals surface area contributed by atoms with Crippen molar-refractivity contribution in [2.45, 2.75) is 39.0 Å². The fraction of sp³-hybridized carbons (Fsp3) is 0.471. The second-order valence-corrected chi connectivity index (χ2v) is 5.33. The molecule has 1 aromatic carbocycles. The Morgan fingerprint density at radius 3 is 2.64 bits per heavy atom. The van der Waals surface area contributed by atoms with Crippen LogP contribution >= 0.6 is 24.0 Å². The molecule has 140 valence electrons. The smallest absolute Gasteiger partial charge is 0.387 e. The van der Waals surface area contributed by atoms with E-state index in [1.54, 1.807) is 12.1 Å². The van der Waals surface area contributed by atoms with Gasteiger partial charge in [0.05, 0.1) is 13.7 Å². The Labute approximate surface area is 163 Å². The lowest BCUT2D eigenvalue weighted by Crippen LogP contribution is -2.42. The molecule has 1 aliphatic rings. The number of rotatable bonds is 7. The summed E-state index contributed by atoms with van der Waals surface area (Å²) in [4.78, 5) is 4.47. The largest absolute Gasteiger partial charge is 0.497 e. The summed E-state index contributed by atoms with van der Waals surface area (Å²) in [5.41, 5.74) is 0.567. The molecular weight excluding hydrogens is 443 g/mol. The number of alkyl halides is 2. The summed E-state index contributed by atoms with van der Waals surface area (Å²) in [7, 11) is 1.47. The molecule has 2 rings (SSSR count). The Hall–Kier alpha value is -1.58. The highest BCUT2D eigenvalue weighted by Gasteiger charge is 2.13. The first kappa shape index (κ1) is 21.5. The van der Waals surface area contributed by atoms with E-state index >= 15 is 0 Å². The first-order valence-corrected chi connectivity index (χ1v) is 7.94. The first-order valence-electron chi connectivity index (χ1n) is 7.94. The third-order valence-corrected chi connectivity index (χ3v) is 3.59. The summed E-state index contributed by atoms with van der Waals surface area (Å²) in [5.74, 6) is 1.19. The van der Waals surface area contributed by atoms with Crippen molar-refractivity contribution >= 4 is 29.9 Å². The molecule has 2 N–H and O–H groups in total. The highest BCUT2D eigenvalue weighted by Crippen LogP contribution is 2.27. The van der Waals surface area contributed by atoms with Gasteiger partial charge in [0.15, 0.2) is 5.96 Å². The molecule has 0 unspecified atom stereocenters. The molecule has 0 heterocycles. The molecule has 0 bridgehead atoms. The second kappa shape index (κ2) is 11.1.